The number of hydrogen-bond acceptors (Lipinski definition) is 4. The third-order valence-electron chi connectivity index (χ3n) is 3.63. The number of likely N-dealkylation sites (N-methyl/N-ethyl adjacent to an activating group) is 1. The van der Waals surface area contributed by atoms with Crippen LogP contribution in [-0.2, 0) is 13.1 Å². The van der Waals surface area contributed by atoms with Gasteiger partial charge in [-0.15, -0.1) is 0 Å². The molecule has 0 fully saturated rings. The van der Waals surface area contributed by atoms with E-state index in [9.17, 15) is 4.79 Å². The van der Waals surface area contributed by atoms with Crippen LogP contribution in [0.3, 0.4) is 0 Å². The molecule has 0 aliphatic rings. The van der Waals surface area contributed by atoms with E-state index in [1.54, 1.807) is 12.3 Å². The van der Waals surface area contributed by atoms with Crippen molar-refractivity contribution in [2.75, 3.05) is 26.0 Å². The number of hydrogen-bond donors (Lipinski definition) is 2. The Morgan fingerprint density at radius 3 is 3.00 bits per heavy atom. The van der Waals surface area contributed by atoms with E-state index in [4.69, 9.17) is 4.42 Å². The molecule has 0 saturated carbocycles. The highest BCUT2D eigenvalue weighted by atomic mass is 16.3. The summed E-state index contributed by atoms with van der Waals surface area (Å²) in [5.41, 5.74) is 1.85. The summed E-state index contributed by atoms with van der Waals surface area (Å²) >= 11 is 0. The zero-order chi connectivity index (χ0) is 16.9. The largest absolute Gasteiger partial charge is 0.464 e. The molecule has 2 heterocycles. The highest BCUT2D eigenvalue weighted by Crippen LogP contribution is 2.16. The number of anilines is 1. The predicted octanol–water partition coefficient (Wildman–Crippen LogP) is 2.51. The van der Waals surface area contributed by atoms with E-state index in [1.807, 2.05) is 49.2 Å². The summed E-state index contributed by atoms with van der Waals surface area (Å²) in [5.74, 6) is 0.538. The molecular formula is C17H21N5O2. The molecule has 7 heteroatoms. The van der Waals surface area contributed by atoms with Crippen molar-refractivity contribution in [1.29, 1.82) is 0 Å². The van der Waals surface area contributed by atoms with Crippen LogP contribution in [0.15, 0.2) is 47.2 Å². The molecule has 0 saturated heterocycles. The summed E-state index contributed by atoms with van der Waals surface area (Å²) in [7, 11) is 4.02. The van der Waals surface area contributed by atoms with Crippen LogP contribution < -0.4 is 10.6 Å². The van der Waals surface area contributed by atoms with Gasteiger partial charge in [-0.3, -0.25) is 10.00 Å². The Kier molecular flexibility index (Phi) is 4.81. The van der Waals surface area contributed by atoms with Crippen molar-refractivity contribution >= 4 is 22.8 Å². The van der Waals surface area contributed by atoms with E-state index in [1.165, 1.54) is 0 Å². The molecule has 2 aromatic heterocycles. The number of fused-ring (bicyclic) bond motifs is 1. The number of carbonyl (C=O) groups excluding carboxylic acids is 1. The Morgan fingerprint density at radius 1 is 1.29 bits per heavy atom. The molecule has 0 bridgehead atoms. The highest BCUT2D eigenvalue weighted by Gasteiger charge is 2.06. The number of benzene rings is 1. The van der Waals surface area contributed by atoms with Crippen LogP contribution in [0.4, 0.5) is 10.6 Å². The molecule has 0 atom stereocenters. The molecule has 2 amide bonds. The summed E-state index contributed by atoms with van der Waals surface area (Å²) in [5, 5.41) is 10.9. The van der Waals surface area contributed by atoms with Gasteiger partial charge in [0.25, 0.3) is 0 Å². The summed E-state index contributed by atoms with van der Waals surface area (Å²) in [4.78, 5) is 14.1. The Balaban J connectivity index is 1.50. The van der Waals surface area contributed by atoms with Gasteiger partial charge < -0.3 is 14.6 Å². The summed E-state index contributed by atoms with van der Waals surface area (Å²) in [6.45, 7) is 2.11. The van der Waals surface area contributed by atoms with E-state index >= 15 is 0 Å². The van der Waals surface area contributed by atoms with Gasteiger partial charge in [0.15, 0.2) is 5.82 Å². The average molecular weight is 327 g/mol. The number of nitrogens with zero attached hydrogens (tertiary/aromatic N) is 3. The minimum absolute atomic E-state index is 0.278. The molecule has 24 heavy (non-hydrogen) atoms. The fraction of sp³-hybridized carbons (Fsp3) is 0.294. The van der Waals surface area contributed by atoms with E-state index in [2.05, 4.69) is 20.6 Å². The summed E-state index contributed by atoms with van der Waals surface area (Å²) in [6.07, 6.45) is 3.51. The van der Waals surface area contributed by atoms with Crippen LogP contribution in [0.5, 0.6) is 0 Å². The van der Waals surface area contributed by atoms with E-state index in [-0.39, 0.29) is 6.03 Å². The number of nitrogens with one attached hydrogen (secondary N) is 2. The summed E-state index contributed by atoms with van der Waals surface area (Å²) < 4.78 is 7.11. The predicted molar refractivity (Wildman–Crippen MR) is 92.9 cm³/mol. The lowest BCUT2D eigenvalue weighted by molar-refractivity contribution is 0.251. The van der Waals surface area contributed by atoms with Crippen molar-refractivity contribution in [2.24, 2.45) is 0 Å². The molecule has 0 radical (unpaired) electrons. The maximum Gasteiger partial charge on any atom is 0.320 e. The number of rotatable bonds is 6. The molecule has 0 aliphatic heterocycles. The topological polar surface area (TPSA) is 75.3 Å². The first-order valence-corrected chi connectivity index (χ1v) is 7.79. The first-order chi connectivity index (χ1) is 11.6. The molecule has 3 aromatic rings. The Hall–Kier alpha value is -2.80. The van der Waals surface area contributed by atoms with Crippen LogP contribution in [0.25, 0.3) is 11.0 Å². The number of furan rings is 1. The van der Waals surface area contributed by atoms with Gasteiger partial charge in [-0.1, -0.05) is 6.07 Å². The highest BCUT2D eigenvalue weighted by molar-refractivity contribution is 5.88. The van der Waals surface area contributed by atoms with Gasteiger partial charge in [0.1, 0.15) is 5.58 Å². The van der Waals surface area contributed by atoms with Crippen molar-refractivity contribution in [1.82, 2.24) is 20.0 Å². The molecular weight excluding hydrogens is 306 g/mol. The van der Waals surface area contributed by atoms with Crippen molar-refractivity contribution in [2.45, 2.75) is 13.1 Å². The second kappa shape index (κ2) is 7.18. The minimum Gasteiger partial charge on any atom is -0.464 e. The smallest absolute Gasteiger partial charge is 0.320 e. The number of urea groups is 1. The minimum atomic E-state index is -0.278. The maximum atomic E-state index is 12.0. The number of carbonyl (C=O) groups is 1. The van der Waals surface area contributed by atoms with Crippen molar-refractivity contribution < 1.29 is 9.21 Å². The van der Waals surface area contributed by atoms with E-state index in [0.717, 1.165) is 29.6 Å². The summed E-state index contributed by atoms with van der Waals surface area (Å²) in [6, 6.07) is 9.24. The third kappa shape index (κ3) is 4.14. The Bertz CT molecular complexity index is 821. The van der Waals surface area contributed by atoms with Gasteiger partial charge in [0.2, 0.25) is 0 Å². The van der Waals surface area contributed by atoms with Gasteiger partial charge in [-0.05, 0) is 37.9 Å². The van der Waals surface area contributed by atoms with Gasteiger partial charge in [0, 0.05) is 30.7 Å². The van der Waals surface area contributed by atoms with Crippen LogP contribution >= 0.6 is 0 Å². The van der Waals surface area contributed by atoms with Gasteiger partial charge >= 0.3 is 6.03 Å². The lowest BCUT2D eigenvalue weighted by Gasteiger charge is -2.09. The number of amides is 2. The maximum absolute atomic E-state index is 12.0. The van der Waals surface area contributed by atoms with E-state index < -0.39 is 0 Å². The zero-order valence-corrected chi connectivity index (χ0v) is 13.8. The molecule has 0 spiro atoms. The quantitative estimate of drug-likeness (QED) is 0.729. The first kappa shape index (κ1) is 16.1. The van der Waals surface area contributed by atoms with Crippen molar-refractivity contribution in [3.63, 3.8) is 0 Å². The fourth-order valence-electron chi connectivity index (χ4n) is 2.32. The standard InChI is InChI=1S/C17H21N5O2/c1-21(2)8-9-22-7-5-16(20-22)19-17(23)18-12-13-3-4-15-14(11-13)6-10-24-15/h3-7,10-11H,8-9,12H2,1-2H3,(H2,18,19,20,23). The fourth-order valence-corrected chi connectivity index (χ4v) is 2.32. The Labute approximate surface area is 140 Å². The van der Waals surface area contributed by atoms with Gasteiger partial charge in [-0.2, -0.15) is 5.10 Å². The van der Waals surface area contributed by atoms with Gasteiger partial charge in [-0.25, -0.2) is 4.79 Å². The van der Waals surface area contributed by atoms with Crippen LogP contribution in [-0.4, -0.2) is 41.4 Å². The third-order valence-corrected chi connectivity index (χ3v) is 3.63. The van der Waals surface area contributed by atoms with Crippen LogP contribution in [0, 0.1) is 0 Å². The normalized spacial score (nSPS) is 11.1. The number of aromatic nitrogens is 2. The SMILES string of the molecule is CN(C)CCn1ccc(NC(=O)NCc2ccc3occc3c2)n1. The first-order valence-electron chi connectivity index (χ1n) is 7.79. The molecule has 0 aliphatic carbocycles. The average Bonchev–Trinajstić information content (AvgIpc) is 3.19. The van der Waals surface area contributed by atoms with Crippen LogP contribution in [0.1, 0.15) is 5.56 Å². The molecule has 2 N–H and O–H groups in total. The van der Waals surface area contributed by atoms with Crippen molar-refractivity contribution in [3.05, 3.63) is 48.4 Å². The molecule has 126 valence electrons. The van der Waals surface area contributed by atoms with E-state index in [0.29, 0.717) is 12.4 Å². The van der Waals surface area contributed by atoms with Gasteiger partial charge in [0.05, 0.1) is 12.8 Å². The Morgan fingerprint density at radius 2 is 2.17 bits per heavy atom. The molecule has 1 aromatic carbocycles. The van der Waals surface area contributed by atoms with Crippen molar-refractivity contribution in [3.8, 4) is 0 Å². The second-order valence-corrected chi connectivity index (χ2v) is 5.87. The molecule has 7 nitrogen and oxygen atoms in total. The monoisotopic (exact) mass is 327 g/mol. The molecule has 0 unspecified atom stereocenters. The zero-order valence-electron chi connectivity index (χ0n) is 13.8. The second-order valence-electron chi connectivity index (χ2n) is 5.87. The van der Waals surface area contributed by atoms with Crippen LogP contribution in [0.2, 0.25) is 0 Å². The molecule has 3 rings (SSSR count). The lowest BCUT2D eigenvalue weighted by atomic mass is 10.1. The lowest BCUT2D eigenvalue weighted by Crippen LogP contribution is -2.28.